The first-order valence-corrected chi connectivity index (χ1v) is 19.3. The Balaban J connectivity index is 1.41. The molecular formula is C36H47ClFN5O6S. The lowest BCUT2D eigenvalue weighted by atomic mass is 9.63. The van der Waals surface area contributed by atoms with Gasteiger partial charge in [-0.3, -0.25) is 4.79 Å². The maximum Gasteiger partial charge on any atom is 0.410 e. The molecule has 14 heteroatoms. The van der Waals surface area contributed by atoms with Gasteiger partial charge in [0.1, 0.15) is 23.2 Å². The fraction of sp³-hybridized carbons (Fsp3) is 0.611. The number of hydrogen-bond acceptors (Lipinski definition) is 7. The Morgan fingerprint density at radius 2 is 1.82 bits per heavy atom. The maximum absolute atomic E-state index is 15.6. The summed E-state index contributed by atoms with van der Waals surface area (Å²) < 4.78 is 55.1. The fourth-order valence-electron chi connectivity index (χ4n) is 7.93. The summed E-state index contributed by atoms with van der Waals surface area (Å²) in [5, 5.41) is 4.63. The van der Waals surface area contributed by atoms with E-state index in [0.29, 0.717) is 54.7 Å². The lowest BCUT2D eigenvalue weighted by Crippen LogP contribution is -2.60. The van der Waals surface area contributed by atoms with Crippen molar-refractivity contribution in [1.82, 2.24) is 9.21 Å². The molecule has 4 atom stereocenters. The number of sulfonamides is 1. The van der Waals surface area contributed by atoms with Gasteiger partial charge in [-0.25, -0.2) is 17.6 Å². The Morgan fingerprint density at radius 1 is 1.12 bits per heavy atom. The molecule has 0 N–H and O–H groups in total. The number of ketones is 1. The van der Waals surface area contributed by atoms with Crippen molar-refractivity contribution >= 4 is 33.5 Å². The van der Waals surface area contributed by atoms with Crippen LogP contribution < -0.4 is 0 Å². The zero-order valence-electron chi connectivity index (χ0n) is 29.2. The number of halogens is 2. The molecule has 50 heavy (non-hydrogen) atoms. The summed E-state index contributed by atoms with van der Waals surface area (Å²) >= 11 is 6.21. The molecule has 272 valence electrons. The number of azide groups is 1. The molecule has 1 amide bonds. The summed E-state index contributed by atoms with van der Waals surface area (Å²) in [4.78, 5) is 32.3. The van der Waals surface area contributed by atoms with Crippen molar-refractivity contribution in [2.24, 2.45) is 5.11 Å². The van der Waals surface area contributed by atoms with Gasteiger partial charge in [-0.05, 0) is 113 Å². The second-order valence-electron chi connectivity index (χ2n) is 14.7. The Bertz CT molecular complexity index is 1700. The Morgan fingerprint density at radius 3 is 2.46 bits per heavy atom. The molecule has 1 aliphatic carbocycles. The zero-order valence-corrected chi connectivity index (χ0v) is 30.8. The largest absolute Gasteiger partial charge is 0.444 e. The zero-order chi connectivity index (χ0) is 36.3. The van der Waals surface area contributed by atoms with Gasteiger partial charge in [0, 0.05) is 54.1 Å². The minimum atomic E-state index is -3.60. The van der Waals surface area contributed by atoms with Crippen LogP contribution in [0.2, 0.25) is 5.02 Å². The summed E-state index contributed by atoms with van der Waals surface area (Å²) in [5.74, 6) is -0.879. The van der Waals surface area contributed by atoms with Gasteiger partial charge in [-0.15, -0.1) is 0 Å². The van der Waals surface area contributed by atoms with Crippen molar-refractivity contribution in [2.45, 2.75) is 114 Å². The van der Waals surface area contributed by atoms with Crippen molar-refractivity contribution in [3.8, 4) is 0 Å². The molecule has 11 nitrogen and oxygen atoms in total. The molecule has 2 bridgehead atoms. The summed E-state index contributed by atoms with van der Waals surface area (Å²) in [6.45, 7) is 5.62. The number of amides is 1. The Kier molecular flexibility index (Phi) is 11.8. The average Bonchev–Trinajstić information content (AvgIpc) is 3.19. The number of nitrogens with zero attached hydrogens (tertiary/aromatic N) is 5. The van der Waals surface area contributed by atoms with E-state index >= 15 is 4.39 Å². The first-order valence-electron chi connectivity index (χ1n) is 17.3. The molecular weight excluding hydrogens is 685 g/mol. The Labute approximate surface area is 299 Å². The number of ether oxygens (including phenoxy) is 2. The third-order valence-corrected chi connectivity index (χ3v) is 12.7. The van der Waals surface area contributed by atoms with Gasteiger partial charge in [-0.2, -0.15) is 4.31 Å². The van der Waals surface area contributed by atoms with Crippen LogP contribution in [-0.2, 0) is 42.5 Å². The van der Waals surface area contributed by atoms with Crippen LogP contribution in [0.1, 0.15) is 82.4 Å². The lowest BCUT2D eigenvalue weighted by molar-refractivity contribution is -0.122. The van der Waals surface area contributed by atoms with E-state index in [1.54, 1.807) is 51.0 Å². The standard InChI is InChI=1S/C36H47ClFN5O6S/c1-35(2,3)49-34(45)42-22-28(43-23-27(42)8-6-20-50(43,46)47)14-15-30-24(7-5-9-31(30)38)21-32(44)33(40-41-39)36(18-16-29(48-4)17-19-36)25-10-12-26(37)13-11-25/h5,7,9-13,27-29,33H,6,8,14-23H2,1-4H3/t27-,28+,29?,33-,36?/m1/s1. The number of carbonyl (C=O) groups excluding carboxylic acids is 2. The van der Waals surface area contributed by atoms with Crippen LogP contribution in [0.15, 0.2) is 47.6 Å². The number of piperazine rings is 1. The van der Waals surface area contributed by atoms with E-state index in [2.05, 4.69) is 10.0 Å². The molecule has 2 aromatic carbocycles. The average molecular weight is 732 g/mol. The minimum absolute atomic E-state index is 0.0152. The van der Waals surface area contributed by atoms with E-state index in [0.717, 1.165) is 5.56 Å². The van der Waals surface area contributed by atoms with Crippen molar-refractivity contribution < 1.29 is 31.9 Å². The van der Waals surface area contributed by atoms with Gasteiger partial charge >= 0.3 is 6.09 Å². The van der Waals surface area contributed by atoms with Crippen molar-refractivity contribution in [3.63, 3.8) is 0 Å². The van der Waals surface area contributed by atoms with Crippen LogP contribution in [0.3, 0.4) is 0 Å². The SMILES string of the molecule is COC1CCC(c2ccc(Cl)cc2)([C@H](N=[N+]=[N-])C(=O)Cc2cccc(F)c2CC[C@H]2CN(C(=O)OC(C)(C)C)[C@@H]3CCCS(=O)(=O)N2C3)CC1. The third kappa shape index (κ3) is 8.45. The molecule has 5 rings (SSSR count). The highest BCUT2D eigenvalue weighted by Crippen LogP contribution is 2.45. The molecule has 2 aliphatic heterocycles. The van der Waals surface area contributed by atoms with E-state index in [1.165, 1.54) is 16.4 Å². The van der Waals surface area contributed by atoms with Gasteiger partial charge in [0.05, 0.1) is 11.9 Å². The number of hydrogen-bond donors (Lipinski definition) is 0. The molecule has 1 unspecified atom stereocenters. The number of rotatable bonds is 10. The van der Waals surface area contributed by atoms with E-state index in [9.17, 15) is 23.5 Å². The quantitative estimate of drug-likeness (QED) is 0.144. The first kappa shape index (κ1) is 38.0. The maximum atomic E-state index is 15.6. The summed E-state index contributed by atoms with van der Waals surface area (Å²) in [6.07, 6.45) is 3.06. The van der Waals surface area contributed by atoms with Crippen LogP contribution >= 0.6 is 11.6 Å². The fourth-order valence-corrected chi connectivity index (χ4v) is 9.85. The van der Waals surface area contributed by atoms with Crippen LogP contribution in [0, 0.1) is 5.82 Å². The molecule has 2 saturated heterocycles. The van der Waals surface area contributed by atoms with Gasteiger partial charge in [-0.1, -0.05) is 41.0 Å². The molecule has 2 heterocycles. The predicted molar refractivity (Wildman–Crippen MR) is 189 cm³/mol. The van der Waals surface area contributed by atoms with Gasteiger partial charge in [0.25, 0.3) is 0 Å². The molecule has 0 radical (unpaired) electrons. The number of benzene rings is 2. The van der Waals surface area contributed by atoms with Crippen molar-refractivity contribution in [1.29, 1.82) is 0 Å². The minimum Gasteiger partial charge on any atom is -0.444 e. The van der Waals surface area contributed by atoms with Crippen LogP contribution in [-0.4, -0.2) is 85.3 Å². The topological polar surface area (TPSA) is 142 Å². The molecule has 0 spiro atoms. The Hall–Kier alpha value is -3.22. The molecule has 3 fully saturated rings. The van der Waals surface area contributed by atoms with E-state index in [-0.39, 0.29) is 56.0 Å². The third-order valence-electron chi connectivity index (χ3n) is 10.5. The van der Waals surface area contributed by atoms with Gasteiger partial charge in [0.15, 0.2) is 0 Å². The molecule has 0 aromatic heterocycles. The van der Waals surface area contributed by atoms with Crippen LogP contribution in [0.25, 0.3) is 10.4 Å². The number of fused-ring (bicyclic) bond motifs is 2. The number of methoxy groups -OCH3 is 1. The van der Waals surface area contributed by atoms with Crippen LogP contribution in [0.4, 0.5) is 9.18 Å². The number of carbonyl (C=O) groups is 2. The highest BCUT2D eigenvalue weighted by Gasteiger charge is 2.47. The second kappa shape index (κ2) is 15.6. The molecule has 2 aromatic rings. The monoisotopic (exact) mass is 731 g/mol. The molecule has 3 aliphatic rings. The summed E-state index contributed by atoms with van der Waals surface area (Å²) in [6, 6.07) is 9.80. The predicted octanol–water partition coefficient (Wildman–Crippen LogP) is 7.14. The van der Waals surface area contributed by atoms with E-state index in [1.807, 2.05) is 12.1 Å². The van der Waals surface area contributed by atoms with Gasteiger partial charge < -0.3 is 14.4 Å². The van der Waals surface area contributed by atoms with E-state index in [4.69, 9.17) is 21.1 Å². The first-order chi connectivity index (χ1) is 23.7. The smallest absolute Gasteiger partial charge is 0.410 e. The van der Waals surface area contributed by atoms with Crippen LogP contribution in [0.5, 0.6) is 0 Å². The highest BCUT2D eigenvalue weighted by molar-refractivity contribution is 7.89. The van der Waals surface area contributed by atoms with Crippen molar-refractivity contribution in [2.75, 3.05) is 26.0 Å². The number of Topliss-reactive ketones (excluding diaryl/α,β-unsaturated/α-hetero) is 1. The molecule has 1 saturated carbocycles. The summed E-state index contributed by atoms with van der Waals surface area (Å²) in [5.41, 5.74) is 9.73. The lowest BCUT2D eigenvalue weighted by Gasteiger charge is -2.44. The second-order valence-corrected chi connectivity index (χ2v) is 17.2. The normalized spacial score (nSPS) is 27.0. The van der Waals surface area contributed by atoms with Crippen molar-refractivity contribution in [3.05, 3.63) is 80.4 Å². The summed E-state index contributed by atoms with van der Waals surface area (Å²) in [7, 11) is -1.94. The highest BCUT2D eigenvalue weighted by atomic mass is 35.5. The van der Waals surface area contributed by atoms with Gasteiger partial charge in [0.2, 0.25) is 10.0 Å². The van der Waals surface area contributed by atoms with E-state index < -0.39 is 45.0 Å².